The van der Waals surface area contributed by atoms with Crippen molar-refractivity contribution in [2.45, 2.75) is 32.3 Å². The quantitative estimate of drug-likeness (QED) is 0.715. The van der Waals surface area contributed by atoms with Crippen LogP contribution in [-0.2, 0) is 11.2 Å². The molecule has 1 amide bonds. The summed E-state index contributed by atoms with van der Waals surface area (Å²) in [5.74, 6) is 1.32. The molecule has 0 aliphatic carbocycles. The van der Waals surface area contributed by atoms with Gasteiger partial charge in [-0.1, -0.05) is 23.7 Å². The number of ether oxygens (including phenoxy) is 2. The van der Waals surface area contributed by atoms with Gasteiger partial charge in [0.05, 0.1) is 7.11 Å². The first-order chi connectivity index (χ1) is 11.9. The minimum atomic E-state index is -0.950. The number of rotatable bonds is 8. The lowest BCUT2D eigenvalue weighted by atomic mass is 10.1. The van der Waals surface area contributed by atoms with Crippen LogP contribution in [0.3, 0.4) is 0 Å². The second-order valence-electron chi connectivity index (χ2n) is 6.27. The van der Waals surface area contributed by atoms with Crippen LogP contribution in [0.25, 0.3) is 0 Å². The molecule has 2 aromatic rings. The summed E-state index contributed by atoms with van der Waals surface area (Å²) in [7, 11) is 1.65. The van der Waals surface area contributed by atoms with Gasteiger partial charge in [0.1, 0.15) is 11.5 Å². The van der Waals surface area contributed by atoms with Gasteiger partial charge in [0, 0.05) is 11.6 Å². The molecule has 0 saturated heterocycles. The summed E-state index contributed by atoms with van der Waals surface area (Å²) in [5, 5.41) is 3.57. The third-order valence-electron chi connectivity index (χ3n) is 3.82. The van der Waals surface area contributed by atoms with Gasteiger partial charge in [-0.3, -0.25) is 4.79 Å². The lowest BCUT2D eigenvalue weighted by molar-refractivity contribution is -0.134. The number of benzene rings is 2. The van der Waals surface area contributed by atoms with E-state index in [1.807, 2.05) is 24.3 Å². The summed E-state index contributed by atoms with van der Waals surface area (Å²) in [6, 6.07) is 14.9. The van der Waals surface area contributed by atoms with Crippen LogP contribution < -0.4 is 14.8 Å². The zero-order valence-corrected chi connectivity index (χ0v) is 15.6. The van der Waals surface area contributed by atoms with Crippen LogP contribution >= 0.6 is 11.6 Å². The first-order valence-electron chi connectivity index (χ1n) is 8.26. The highest BCUT2D eigenvalue weighted by molar-refractivity contribution is 6.30. The molecule has 0 fully saturated rings. The summed E-state index contributed by atoms with van der Waals surface area (Å²) < 4.78 is 10.9. The molecule has 0 radical (unpaired) electrons. The smallest absolute Gasteiger partial charge is 0.263 e. The maximum Gasteiger partial charge on any atom is 0.263 e. The van der Waals surface area contributed by atoms with Crippen molar-refractivity contribution in [3.63, 3.8) is 0 Å². The van der Waals surface area contributed by atoms with Gasteiger partial charge < -0.3 is 14.8 Å². The maximum atomic E-state index is 12.4. The van der Waals surface area contributed by atoms with Crippen LogP contribution in [0.15, 0.2) is 48.5 Å². The van der Waals surface area contributed by atoms with Crippen LogP contribution in [0.2, 0.25) is 5.02 Å². The average molecular weight is 362 g/mol. The Morgan fingerprint density at radius 1 is 1.04 bits per heavy atom. The average Bonchev–Trinajstić information content (AvgIpc) is 2.61. The number of methoxy groups -OCH3 is 1. The van der Waals surface area contributed by atoms with Crippen LogP contribution in [0.1, 0.15) is 25.8 Å². The maximum absolute atomic E-state index is 12.4. The highest BCUT2D eigenvalue weighted by Gasteiger charge is 2.29. The van der Waals surface area contributed by atoms with Crippen LogP contribution in [0, 0.1) is 0 Å². The van der Waals surface area contributed by atoms with Crippen molar-refractivity contribution < 1.29 is 14.3 Å². The van der Waals surface area contributed by atoms with E-state index in [4.69, 9.17) is 21.1 Å². The van der Waals surface area contributed by atoms with Crippen molar-refractivity contribution in [3.05, 3.63) is 59.1 Å². The predicted molar refractivity (Wildman–Crippen MR) is 100 cm³/mol. The van der Waals surface area contributed by atoms with Gasteiger partial charge >= 0.3 is 0 Å². The SMILES string of the molecule is COc1ccc(CCCNC(=O)C(C)(C)Oc2ccc(Cl)cc2)cc1. The lowest BCUT2D eigenvalue weighted by Gasteiger charge is -2.25. The Morgan fingerprint density at radius 3 is 2.24 bits per heavy atom. The minimum absolute atomic E-state index is 0.141. The Hall–Kier alpha value is -2.20. The van der Waals surface area contributed by atoms with Crippen molar-refractivity contribution in [1.29, 1.82) is 0 Å². The Balaban J connectivity index is 1.76. The van der Waals surface area contributed by atoms with E-state index in [2.05, 4.69) is 5.32 Å². The molecule has 0 aliphatic rings. The van der Waals surface area contributed by atoms with E-state index in [0.717, 1.165) is 18.6 Å². The molecule has 0 atom stereocenters. The number of carbonyl (C=O) groups excluding carboxylic acids is 1. The van der Waals surface area contributed by atoms with Gasteiger partial charge in [0.15, 0.2) is 5.60 Å². The zero-order valence-electron chi connectivity index (χ0n) is 14.8. The van der Waals surface area contributed by atoms with Gasteiger partial charge in [-0.2, -0.15) is 0 Å². The topological polar surface area (TPSA) is 47.6 Å². The molecule has 5 heteroatoms. The highest BCUT2D eigenvalue weighted by Crippen LogP contribution is 2.21. The van der Waals surface area contributed by atoms with E-state index >= 15 is 0 Å². The van der Waals surface area contributed by atoms with Gasteiger partial charge in [-0.15, -0.1) is 0 Å². The normalized spacial score (nSPS) is 11.0. The summed E-state index contributed by atoms with van der Waals surface area (Å²) in [4.78, 5) is 12.4. The van der Waals surface area contributed by atoms with Gasteiger partial charge in [-0.05, 0) is 68.7 Å². The molecule has 0 unspecified atom stereocenters. The Morgan fingerprint density at radius 2 is 1.64 bits per heavy atom. The van der Waals surface area contributed by atoms with E-state index in [-0.39, 0.29) is 5.91 Å². The van der Waals surface area contributed by atoms with Gasteiger partial charge in [0.2, 0.25) is 0 Å². The number of aryl methyl sites for hydroxylation is 1. The minimum Gasteiger partial charge on any atom is -0.497 e. The lowest BCUT2D eigenvalue weighted by Crippen LogP contribution is -2.46. The second kappa shape index (κ2) is 8.77. The van der Waals surface area contributed by atoms with E-state index in [1.54, 1.807) is 45.2 Å². The molecule has 2 aromatic carbocycles. The molecule has 0 saturated carbocycles. The fourth-order valence-electron chi connectivity index (χ4n) is 2.34. The van der Waals surface area contributed by atoms with Crippen LogP contribution in [0.5, 0.6) is 11.5 Å². The van der Waals surface area contributed by atoms with E-state index in [0.29, 0.717) is 17.3 Å². The molecule has 2 rings (SSSR count). The second-order valence-corrected chi connectivity index (χ2v) is 6.71. The molecule has 0 aliphatic heterocycles. The Bertz CT molecular complexity index is 681. The van der Waals surface area contributed by atoms with Crippen LogP contribution in [0.4, 0.5) is 0 Å². The fourth-order valence-corrected chi connectivity index (χ4v) is 2.47. The fraction of sp³-hybridized carbons (Fsp3) is 0.350. The molecule has 0 aromatic heterocycles. The van der Waals surface area contributed by atoms with Crippen molar-refractivity contribution in [1.82, 2.24) is 5.32 Å². The Labute approximate surface area is 154 Å². The standard InChI is InChI=1S/C20H24ClNO3/c1-20(2,25-18-12-8-16(21)9-13-18)19(23)22-14-4-5-15-6-10-17(24-3)11-7-15/h6-13H,4-5,14H2,1-3H3,(H,22,23). The van der Waals surface area contributed by atoms with Crippen molar-refractivity contribution in [3.8, 4) is 11.5 Å². The number of carbonyl (C=O) groups is 1. The zero-order chi connectivity index (χ0) is 18.3. The molecule has 0 spiro atoms. The largest absolute Gasteiger partial charge is 0.497 e. The van der Waals surface area contributed by atoms with Crippen molar-refractivity contribution in [2.75, 3.05) is 13.7 Å². The summed E-state index contributed by atoms with van der Waals surface area (Å²) in [6.45, 7) is 4.10. The van der Waals surface area contributed by atoms with Crippen molar-refractivity contribution in [2.24, 2.45) is 0 Å². The van der Waals surface area contributed by atoms with Crippen molar-refractivity contribution >= 4 is 17.5 Å². The first kappa shape index (κ1) is 19.1. The molecule has 0 heterocycles. The van der Waals surface area contributed by atoms with Crippen LogP contribution in [-0.4, -0.2) is 25.2 Å². The number of halogens is 1. The molecular weight excluding hydrogens is 338 g/mol. The third-order valence-corrected chi connectivity index (χ3v) is 4.07. The molecule has 1 N–H and O–H groups in total. The number of nitrogens with one attached hydrogen (secondary N) is 1. The first-order valence-corrected chi connectivity index (χ1v) is 8.64. The number of hydrogen-bond acceptors (Lipinski definition) is 3. The van der Waals surface area contributed by atoms with Gasteiger partial charge in [0.25, 0.3) is 5.91 Å². The molecule has 4 nitrogen and oxygen atoms in total. The third kappa shape index (κ3) is 5.98. The van der Waals surface area contributed by atoms with E-state index in [1.165, 1.54) is 5.56 Å². The Kier molecular flexibility index (Phi) is 6.71. The summed E-state index contributed by atoms with van der Waals surface area (Å²) >= 11 is 5.86. The monoisotopic (exact) mass is 361 g/mol. The molecule has 0 bridgehead atoms. The summed E-state index contributed by atoms with van der Waals surface area (Å²) in [6.07, 6.45) is 1.75. The molecular formula is C20H24ClNO3. The number of amides is 1. The molecule has 134 valence electrons. The van der Waals surface area contributed by atoms with E-state index < -0.39 is 5.60 Å². The summed E-state index contributed by atoms with van der Waals surface area (Å²) in [5.41, 5.74) is 0.264. The van der Waals surface area contributed by atoms with E-state index in [9.17, 15) is 4.79 Å². The highest BCUT2D eigenvalue weighted by atomic mass is 35.5. The molecule has 25 heavy (non-hydrogen) atoms. The number of hydrogen-bond donors (Lipinski definition) is 1. The predicted octanol–water partition coefficient (Wildman–Crippen LogP) is 4.26. The van der Waals surface area contributed by atoms with Gasteiger partial charge in [-0.25, -0.2) is 0 Å².